The van der Waals surface area contributed by atoms with E-state index in [2.05, 4.69) is 10.3 Å². The van der Waals surface area contributed by atoms with Gasteiger partial charge in [-0.05, 0) is 67.3 Å². The van der Waals surface area contributed by atoms with Crippen LogP contribution in [0.4, 0.5) is 8.78 Å². The Labute approximate surface area is 189 Å². The highest BCUT2D eigenvalue weighted by molar-refractivity contribution is 5.96. The highest BCUT2D eigenvalue weighted by atomic mass is 19.1. The fraction of sp³-hybridized carbons (Fsp3) is 0.154. The molecule has 0 radical (unpaired) electrons. The highest BCUT2D eigenvalue weighted by Gasteiger charge is 2.15. The summed E-state index contributed by atoms with van der Waals surface area (Å²) < 4.78 is 28.9. The van der Waals surface area contributed by atoms with E-state index in [1.807, 2.05) is 13.8 Å². The van der Waals surface area contributed by atoms with Gasteiger partial charge >= 0.3 is 0 Å². The van der Waals surface area contributed by atoms with Gasteiger partial charge in [0.05, 0.1) is 5.52 Å². The van der Waals surface area contributed by atoms with Gasteiger partial charge in [-0.2, -0.15) is 0 Å². The fourth-order valence-corrected chi connectivity index (χ4v) is 4.09. The van der Waals surface area contributed by atoms with E-state index in [4.69, 9.17) is 5.73 Å². The van der Waals surface area contributed by atoms with Crippen molar-refractivity contribution in [1.29, 1.82) is 0 Å². The SMILES string of the molecule is Cc1[nH]c2c(F)ccc(C)c2c1CCNC(=O)c1ccc(-c2cccc(C(N)=O)c2)c(F)c1. The first kappa shape index (κ1) is 22.2. The molecular weight excluding hydrogens is 424 g/mol. The Bertz CT molecular complexity index is 1390. The number of carbonyl (C=O) groups is 2. The quantitative estimate of drug-likeness (QED) is 0.396. The molecule has 2 amide bonds. The molecular formula is C26H23F2N3O2. The minimum atomic E-state index is -0.600. The van der Waals surface area contributed by atoms with Crippen LogP contribution in [-0.4, -0.2) is 23.3 Å². The van der Waals surface area contributed by atoms with Crippen LogP contribution in [0.5, 0.6) is 0 Å². The molecule has 1 heterocycles. The summed E-state index contributed by atoms with van der Waals surface area (Å²) in [5.41, 5.74) is 9.72. The van der Waals surface area contributed by atoms with Gasteiger partial charge < -0.3 is 16.0 Å². The van der Waals surface area contributed by atoms with E-state index in [1.54, 1.807) is 24.3 Å². The van der Waals surface area contributed by atoms with E-state index in [1.165, 1.54) is 24.3 Å². The summed E-state index contributed by atoms with van der Waals surface area (Å²) in [6, 6.07) is 13.7. The van der Waals surface area contributed by atoms with Crippen molar-refractivity contribution in [2.24, 2.45) is 5.73 Å². The first-order valence-corrected chi connectivity index (χ1v) is 10.5. The molecule has 0 aliphatic carbocycles. The van der Waals surface area contributed by atoms with E-state index in [9.17, 15) is 18.4 Å². The molecule has 0 aliphatic heterocycles. The van der Waals surface area contributed by atoms with Crippen molar-refractivity contribution in [3.8, 4) is 11.1 Å². The molecule has 1 aromatic heterocycles. The van der Waals surface area contributed by atoms with E-state index < -0.39 is 17.6 Å². The minimum Gasteiger partial charge on any atom is -0.366 e. The van der Waals surface area contributed by atoms with Crippen LogP contribution in [0.15, 0.2) is 54.6 Å². The van der Waals surface area contributed by atoms with Gasteiger partial charge in [0, 0.05) is 34.3 Å². The van der Waals surface area contributed by atoms with Gasteiger partial charge in [0.1, 0.15) is 11.6 Å². The number of hydrogen-bond donors (Lipinski definition) is 3. The number of nitrogens with one attached hydrogen (secondary N) is 2. The van der Waals surface area contributed by atoms with Crippen molar-refractivity contribution in [2.45, 2.75) is 20.3 Å². The van der Waals surface area contributed by atoms with Gasteiger partial charge in [0.25, 0.3) is 5.91 Å². The number of aromatic amines is 1. The fourth-order valence-electron chi connectivity index (χ4n) is 4.09. The Morgan fingerprint density at radius 1 is 0.970 bits per heavy atom. The number of hydrogen-bond acceptors (Lipinski definition) is 2. The maximum Gasteiger partial charge on any atom is 0.251 e. The van der Waals surface area contributed by atoms with Crippen molar-refractivity contribution in [3.05, 3.63) is 94.2 Å². The number of rotatable bonds is 6. The number of aryl methyl sites for hydroxylation is 2. The summed E-state index contributed by atoms with van der Waals surface area (Å²) in [6.45, 7) is 4.10. The zero-order valence-corrected chi connectivity index (χ0v) is 18.3. The molecule has 4 aromatic rings. The first-order chi connectivity index (χ1) is 15.8. The van der Waals surface area contributed by atoms with Gasteiger partial charge in [-0.15, -0.1) is 0 Å². The second kappa shape index (κ2) is 8.86. The maximum absolute atomic E-state index is 14.7. The third-order valence-corrected chi connectivity index (χ3v) is 5.78. The van der Waals surface area contributed by atoms with E-state index >= 15 is 0 Å². The number of nitrogens with two attached hydrogens (primary N) is 1. The molecule has 0 aliphatic rings. The number of halogens is 2. The smallest absolute Gasteiger partial charge is 0.251 e. The molecule has 168 valence electrons. The standard InChI is InChI=1S/C26H23F2N3O2/c1-14-6-9-21(27)24-23(14)19(15(2)31-24)10-11-30-26(33)18-7-8-20(22(28)13-18)16-4-3-5-17(12-16)25(29)32/h3-9,12-13,31H,10-11H2,1-2H3,(H2,29,32)(H,30,33). The predicted molar refractivity (Wildman–Crippen MR) is 124 cm³/mol. The second-order valence-electron chi connectivity index (χ2n) is 7.99. The molecule has 5 nitrogen and oxygen atoms in total. The molecule has 0 fully saturated rings. The van der Waals surface area contributed by atoms with Crippen molar-refractivity contribution < 1.29 is 18.4 Å². The minimum absolute atomic E-state index is 0.181. The van der Waals surface area contributed by atoms with Gasteiger partial charge in [0.15, 0.2) is 0 Å². The molecule has 0 unspecified atom stereocenters. The molecule has 4 rings (SSSR count). The Hall–Kier alpha value is -4.00. The number of aromatic nitrogens is 1. The molecule has 3 aromatic carbocycles. The summed E-state index contributed by atoms with van der Waals surface area (Å²) in [5, 5.41) is 3.63. The average Bonchev–Trinajstić information content (AvgIpc) is 3.13. The lowest BCUT2D eigenvalue weighted by atomic mass is 10.0. The third-order valence-electron chi connectivity index (χ3n) is 5.78. The van der Waals surface area contributed by atoms with Crippen LogP contribution in [0.1, 0.15) is 37.5 Å². The number of benzene rings is 3. The lowest BCUT2D eigenvalue weighted by molar-refractivity contribution is 0.0952. The highest BCUT2D eigenvalue weighted by Crippen LogP contribution is 2.28. The van der Waals surface area contributed by atoms with Crippen LogP contribution in [0.3, 0.4) is 0 Å². The summed E-state index contributed by atoms with van der Waals surface area (Å²) in [6.07, 6.45) is 0.502. The lowest BCUT2D eigenvalue weighted by Gasteiger charge is -2.09. The molecule has 0 saturated heterocycles. The normalized spacial score (nSPS) is 11.0. The molecule has 4 N–H and O–H groups in total. The lowest BCUT2D eigenvalue weighted by Crippen LogP contribution is -2.26. The van der Waals surface area contributed by atoms with Crippen molar-refractivity contribution >= 4 is 22.7 Å². The summed E-state index contributed by atoms with van der Waals surface area (Å²) in [4.78, 5) is 27.0. The number of primary amides is 1. The monoisotopic (exact) mass is 447 g/mol. The molecule has 33 heavy (non-hydrogen) atoms. The predicted octanol–water partition coefficient (Wildman–Crippen LogP) is 4.80. The van der Waals surface area contributed by atoms with Gasteiger partial charge in [0.2, 0.25) is 5.91 Å². The third kappa shape index (κ3) is 4.35. The van der Waals surface area contributed by atoms with Gasteiger partial charge in [-0.25, -0.2) is 8.78 Å². The number of H-pyrrole nitrogens is 1. The van der Waals surface area contributed by atoms with Crippen LogP contribution in [0.25, 0.3) is 22.0 Å². The zero-order valence-electron chi connectivity index (χ0n) is 18.3. The van der Waals surface area contributed by atoms with Crippen molar-refractivity contribution in [3.63, 3.8) is 0 Å². The van der Waals surface area contributed by atoms with Gasteiger partial charge in [-0.1, -0.05) is 24.3 Å². The molecule has 0 atom stereocenters. The van der Waals surface area contributed by atoms with E-state index in [-0.39, 0.29) is 22.5 Å². The maximum atomic E-state index is 14.7. The zero-order chi connectivity index (χ0) is 23.7. The Balaban J connectivity index is 1.48. The summed E-state index contributed by atoms with van der Waals surface area (Å²) >= 11 is 0. The molecule has 0 saturated carbocycles. The van der Waals surface area contributed by atoms with Crippen LogP contribution in [-0.2, 0) is 6.42 Å². The summed E-state index contributed by atoms with van der Waals surface area (Å²) in [7, 11) is 0. The molecule has 0 bridgehead atoms. The number of carbonyl (C=O) groups excluding carboxylic acids is 2. The summed E-state index contributed by atoms with van der Waals surface area (Å²) in [5.74, 6) is -1.91. The largest absolute Gasteiger partial charge is 0.366 e. The number of amides is 2. The molecule has 7 heteroatoms. The van der Waals surface area contributed by atoms with Crippen molar-refractivity contribution in [1.82, 2.24) is 10.3 Å². The van der Waals surface area contributed by atoms with E-state index in [0.717, 1.165) is 28.3 Å². The van der Waals surface area contributed by atoms with E-state index in [0.29, 0.717) is 24.0 Å². The van der Waals surface area contributed by atoms with Crippen molar-refractivity contribution in [2.75, 3.05) is 6.54 Å². The topological polar surface area (TPSA) is 88.0 Å². The number of fused-ring (bicyclic) bond motifs is 1. The average molecular weight is 447 g/mol. The molecule has 0 spiro atoms. The first-order valence-electron chi connectivity index (χ1n) is 10.5. The second-order valence-corrected chi connectivity index (χ2v) is 7.99. The Kier molecular flexibility index (Phi) is 5.96. The Morgan fingerprint density at radius 3 is 2.48 bits per heavy atom. The van der Waals surface area contributed by atoms with Crippen LogP contribution in [0, 0.1) is 25.5 Å². The Morgan fingerprint density at radius 2 is 1.76 bits per heavy atom. The van der Waals surface area contributed by atoms with Crippen LogP contribution < -0.4 is 11.1 Å². The van der Waals surface area contributed by atoms with Gasteiger partial charge in [-0.3, -0.25) is 9.59 Å². The van der Waals surface area contributed by atoms with Crippen LogP contribution >= 0.6 is 0 Å². The van der Waals surface area contributed by atoms with Crippen LogP contribution in [0.2, 0.25) is 0 Å².